The van der Waals surface area contributed by atoms with E-state index >= 15 is 0 Å². The number of benzene rings is 8. The topological polar surface area (TPSA) is 43.6 Å². The second-order valence-electron chi connectivity index (χ2n) is 14.0. The van der Waals surface area contributed by atoms with Gasteiger partial charge in [-0.05, 0) is 68.9 Å². The molecule has 0 bridgehead atoms. The lowest BCUT2D eigenvalue weighted by Gasteiger charge is -2.32. The van der Waals surface area contributed by atoms with Crippen LogP contribution < -0.4 is 0 Å². The molecule has 0 aliphatic heterocycles. The first-order valence-corrected chi connectivity index (χ1v) is 18.4. The molecule has 8 aromatic carbocycles. The van der Waals surface area contributed by atoms with Crippen molar-refractivity contribution in [3.05, 3.63) is 217 Å². The minimum atomic E-state index is -0.815. The Labute approximate surface area is 312 Å². The van der Waals surface area contributed by atoms with E-state index in [1.54, 1.807) is 0 Å². The Kier molecular flexibility index (Phi) is 6.73. The van der Waals surface area contributed by atoms with Crippen molar-refractivity contribution in [2.24, 2.45) is 0 Å². The van der Waals surface area contributed by atoms with E-state index in [4.69, 9.17) is 15.0 Å². The van der Waals surface area contributed by atoms with Gasteiger partial charge in [-0.3, -0.25) is 0 Å². The van der Waals surface area contributed by atoms with E-state index in [0.717, 1.165) is 55.3 Å². The van der Waals surface area contributed by atoms with Gasteiger partial charge in [0.2, 0.25) is 0 Å². The van der Waals surface area contributed by atoms with Crippen LogP contribution in [0.25, 0.3) is 72.2 Å². The van der Waals surface area contributed by atoms with Gasteiger partial charge in [0, 0.05) is 27.6 Å². The molecule has 0 spiro atoms. The van der Waals surface area contributed by atoms with Crippen LogP contribution in [0, 0.1) is 0 Å². The molecule has 10 aromatic rings. The van der Waals surface area contributed by atoms with Crippen molar-refractivity contribution in [2.45, 2.75) is 5.41 Å². The van der Waals surface area contributed by atoms with Crippen LogP contribution in [-0.2, 0) is 5.41 Å². The molecular formula is C50H32N4. The minimum absolute atomic E-state index is 0.640. The van der Waals surface area contributed by atoms with Crippen molar-refractivity contribution in [1.29, 1.82) is 0 Å². The number of para-hydroxylation sites is 2. The third kappa shape index (κ3) is 4.40. The second kappa shape index (κ2) is 11.9. The number of aromatic nitrogens is 4. The van der Waals surface area contributed by atoms with Crippen molar-refractivity contribution in [2.75, 3.05) is 0 Å². The SMILES string of the molecule is c1ccc(-c2nc(-c3cccc4c3c3ccccc3n4-c3ccccc3)nc(C3(c4ccc5ccccc5c4)c4ccccc4-c4ccccc43)n2)cc1. The largest absolute Gasteiger partial charge is 0.309 e. The number of rotatable bonds is 5. The van der Waals surface area contributed by atoms with Crippen LogP contribution in [0.15, 0.2) is 194 Å². The number of nitrogens with zero attached hydrogens (tertiary/aromatic N) is 4. The molecule has 0 N–H and O–H groups in total. The smallest absolute Gasteiger partial charge is 0.164 e. The molecule has 0 amide bonds. The van der Waals surface area contributed by atoms with Crippen LogP contribution in [0.5, 0.6) is 0 Å². The summed E-state index contributed by atoms with van der Waals surface area (Å²) in [7, 11) is 0. The Hall–Kier alpha value is -7.17. The molecule has 252 valence electrons. The van der Waals surface area contributed by atoms with E-state index in [1.807, 2.05) is 18.2 Å². The third-order valence-corrected chi connectivity index (χ3v) is 11.1. The molecule has 4 nitrogen and oxygen atoms in total. The van der Waals surface area contributed by atoms with E-state index < -0.39 is 5.41 Å². The van der Waals surface area contributed by atoms with E-state index in [1.165, 1.54) is 21.9 Å². The molecule has 0 saturated carbocycles. The average Bonchev–Trinajstić information content (AvgIpc) is 3.75. The molecule has 0 fully saturated rings. The molecule has 2 aromatic heterocycles. The van der Waals surface area contributed by atoms with Crippen molar-refractivity contribution >= 4 is 32.6 Å². The standard InChI is InChI=1S/C50H32N4/c1-3-17-34(18-4-1)47-51-48(41-25-15-29-45-46(41)40-24-11-14-28-44(40)54(45)37-20-5-2-6-21-37)53-49(52-47)50(36-31-30-33-16-7-8-19-35(33)32-36)42-26-12-9-22-38(42)39-23-10-13-27-43(39)50/h1-32H. The van der Waals surface area contributed by atoms with E-state index in [0.29, 0.717) is 17.5 Å². The monoisotopic (exact) mass is 688 g/mol. The normalized spacial score (nSPS) is 13.0. The summed E-state index contributed by atoms with van der Waals surface area (Å²) in [6.07, 6.45) is 0. The van der Waals surface area contributed by atoms with Crippen molar-refractivity contribution < 1.29 is 0 Å². The summed E-state index contributed by atoms with van der Waals surface area (Å²) < 4.78 is 2.34. The maximum absolute atomic E-state index is 5.65. The number of hydrogen-bond acceptors (Lipinski definition) is 3. The highest BCUT2D eigenvalue weighted by Gasteiger charge is 2.49. The Bertz CT molecular complexity index is 3010. The molecule has 2 heterocycles. The highest BCUT2D eigenvalue weighted by atomic mass is 15.1. The second-order valence-corrected chi connectivity index (χ2v) is 14.0. The lowest BCUT2D eigenvalue weighted by Crippen LogP contribution is -2.31. The van der Waals surface area contributed by atoms with Crippen molar-refractivity contribution in [1.82, 2.24) is 19.5 Å². The van der Waals surface area contributed by atoms with Crippen LogP contribution >= 0.6 is 0 Å². The minimum Gasteiger partial charge on any atom is -0.309 e. The van der Waals surface area contributed by atoms with Gasteiger partial charge in [0.25, 0.3) is 0 Å². The van der Waals surface area contributed by atoms with Crippen LogP contribution in [0.2, 0.25) is 0 Å². The van der Waals surface area contributed by atoms with Gasteiger partial charge < -0.3 is 4.57 Å². The van der Waals surface area contributed by atoms with Gasteiger partial charge in [-0.25, -0.2) is 15.0 Å². The van der Waals surface area contributed by atoms with E-state index in [2.05, 4.69) is 180 Å². The highest BCUT2D eigenvalue weighted by molar-refractivity contribution is 6.15. The maximum atomic E-state index is 5.65. The molecule has 4 heteroatoms. The zero-order valence-corrected chi connectivity index (χ0v) is 29.3. The predicted molar refractivity (Wildman–Crippen MR) is 220 cm³/mol. The summed E-state index contributed by atoms with van der Waals surface area (Å²) in [5.41, 5.74) is 10.3. The van der Waals surface area contributed by atoms with Gasteiger partial charge in [0.1, 0.15) is 5.41 Å². The fourth-order valence-electron chi connectivity index (χ4n) is 8.78. The first-order valence-electron chi connectivity index (χ1n) is 18.4. The lowest BCUT2D eigenvalue weighted by atomic mass is 9.71. The molecule has 0 saturated heterocycles. The van der Waals surface area contributed by atoms with Crippen molar-refractivity contribution in [3.63, 3.8) is 0 Å². The summed E-state index contributed by atoms with van der Waals surface area (Å²) in [5, 5.41) is 4.63. The van der Waals surface area contributed by atoms with E-state index in [9.17, 15) is 0 Å². The summed E-state index contributed by atoms with van der Waals surface area (Å²) >= 11 is 0. The van der Waals surface area contributed by atoms with Crippen LogP contribution in [0.1, 0.15) is 22.5 Å². The zero-order chi connectivity index (χ0) is 35.6. The molecular weight excluding hydrogens is 657 g/mol. The van der Waals surface area contributed by atoms with E-state index in [-0.39, 0.29) is 0 Å². The molecule has 1 aliphatic rings. The van der Waals surface area contributed by atoms with Gasteiger partial charge >= 0.3 is 0 Å². The quantitative estimate of drug-likeness (QED) is 0.181. The molecule has 0 radical (unpaired) electrons. The molecule has 1 aliphatic carbocycles. The van der Waals surface area contributed by atoms with Gasteiger partial charge in [-0.2, -0.15) is 0 Å². The Morgan fingerprint density at radius 3 is 1.78 bits per heavy atom. The average molecular weight is 689 g/mol. The molecule has 54 heavy (non-hydrogen) atoms. The van der Waals surface area contributed by atoms with Gasteiger partial charge in [0.15, 0.2) is 17.5 Å². The zero-order valence-electron chi connectivity index (χ0n) is 29.3. The van der Waals surface area contributed by atoms with Crippen LogP contribution in [-0.4, -0.2) is 19.5 Å². The number of fused-ring (bicyclic) bond motifs is 7. The molecule has 0 atom stereocenters. The maximum Gasteiger partial charge on any atom is 0.164 e. The molecule has 11 rings (SSSR count). The first-order chi connectivity index (χ1) is 26.8. The Morgan fingerprint density at radius 2 is 1.00 bits per heavy atom. The fraction of sp³-hybridized carbons (Fsp3) is 0.0200. The first kappa shape index (κ1) is 30.5. The summed E-state index contributed by atoms with van der Waals surface area (Å²) in [5.74, 6) is 1.98. The van der Waals surface area contributed by atoms with Gasteiger partial charge in [-0.1, -0.05) is 164 Å². The Morgan fingerprint density at radius 1 is 0.407 bits per heavy atom. The van der Waals surface area contributed by atoms with Gasteiger partial charge in [-0.15, -0.1) is 0 Å². The summed E-state index contributed by atoms with van der Waals surface area (Å²) in [4.78, 5) is 16.5. The Balaban J connectivity index is 1.28. The summed E-state index contributed by atoms with van der Waals surface area (Å²) in [6.45, 7) is 0. The lowest BCUT2D eigenvalue weighted by molar-refractivity contribution is 0.693. The number of hydrogen-bond donors (Lipinski definition) is 0. The highest BCUT2D eigenvalue weighted by Crippen LogP contribution is 2.55. The predicted octanol–water partition coefficient (Wildman–Crippen LogP) is 11.8. The third-order valence-electron chi connectivity index (χ3n) is 11.1. The summed E-state index contributed by atoms with van der Waals surface area (Å²) in [6, 6.07) is 68.9. The van der Waals surface area contributed by atoms with Gasteiger partial charge in [0.05, 0.1) is 11.0 Å². The van der Waals surface area contributed by atoms with Crippen LogP contribution in [0.4, 0.5) is 0 Å². The van der Waals surface area contributed by atoms with Crippen molar-refractivity contribution in [3.8, 4) is 39.6 Å². The van der Waals surface area contributed by atoms with Crippen LogP contribution in [0.3, 0.4) is 0 Å². The fourth-order valence-corrected chi connectivity index (χ4v) is 8.78. The molecule has 0 unspecified atom stereocenters.